The van der Waals surface area contributed by atoms with Crippen LogP contribution < -0.4 is 10.2 Å². The predicted molar refractivity (Wildman–Crippen MR) is 86.8 cm³/mol. The number of nitrogens with one attached hydrogen (secondary N) is 2. The van der Waals surface area contributed by atoms with Crippen molar-refractivity contribution in [3.05, 3.63) is 12.3 Å². The Balaban J connectivity index is 1.74. The van der Waals surface area contributed by atoms with Crippen molar-refractivity contribution in [3.8, 4) is 0 Å². The molecular formula is C15H27N3O3P+. The third-order valence-corrected chi connectivity index (χ3v) is 7.48. The van der Waals surface area contributed by atoms with Crippen molar-refractivity contribution in [2.45, 2.75) is 33.1 Å². The minimum atomic E-state index is -2.51. The maximum atomic E-state index is 12.8. The van der Waals surface area contributed by atoms with Crippen LogP contribution in [0.3, 0.4) is 0 Å². The average Bonchev–Trinajstić information content (AvgIpc) is 2.53. The molecule has 6 nitrogen and oxygen atoms in total. The fourth-order valence-corrected chi connectivity index (χ4v) is 5.78. The van der Waals surface area contributed by atoms with Crippen LogP contribution in [-0.2, 0) is 13.8 Å². The van der Waals surface area contributed by atoms with Crippen LogP contribution in [0.4, 0.5) is 0 Å². The van der Waals surface area contributed by atoms with Gasteiger partial charge < -0.3 is 4.90 Å². The fraction of sp³-hybridized carbons (Fsp3) is 0.800. The molecule has 124 valence electrons. The van der Waals surface area contributed by atoms with Crippen molar-refractivity contribution in [2.75, 3.05) is 32.7 Å². The molecule has 0 saturated carbocycles. The van der Waals surface area contributed by atoms with E-state index in [9.17, 15) is 4.79 Å². The van der Waals surface area contributed by atoms with Gasteiger partial charge in [-0.05, 0) is 51.7 Å². The molecule has 1 unspecified atom stereocenters. The highest BCUT2D eigenvalue weighted by molar-refractivity contribution is 7.63. The van der Waals surface area contributed by atoms with Gasteiger partial charge in [0.25, 0.3) is 0 Å². The molecule has 0 radical (unpaired) electrons. The molecule has 0 bridgehead atoms. The molecule has 3 saturated heterocycles. The van der Waals surface area contributed by atoms with Gasteiger partial charge in [-0.3, -0.25) is 4.52 Å². The Kier molecular flexibility index (Phi) is 4.47. The molecule has 3 aliphatic heterocycles. The summed E-state index contributed by atoms with van der Waals surface area (Å²) in [7, 11) is -2.51. The summed E-state index contributed by atoms with van der Waals surface area (Å²) in [5, 5.41) is 6.44. The maximum absolute atomic E-state index is 12.8. The number of piperidine rings is 1. The van der Waals surface area contributed by atoms with E-state index in [1.54, 1.807) is 0 Å². The number of carbonyl (C=O) groups is 1. The second-order valence-electron chi connectivity index (χ2n) is 6.53. The molecule has 3 fully saturated rings. The van der Waals surface area contributed by atoms with Gasteiger partial charge >= 0.3 is 14.0 Å². The number of hydrogen-bond acceptors (Lipinski definition) is 6. The van der Waals surface area contributed by atoms with Crippen LogP contribution in [0.15, 0.2) is 12.3 Å². The first-order valence-electron chi connectivity index (χ1n) is 8.25. The van der Waals surface area contributed by atoms with Gasteiger partial charge in [0.2, 0.25) is 0 Å². The van der Waals surface area contributed by atoms with Gasteiger partial charge in [-0.15, -0.1) is 10.2 Å². The zero-order chi connectivity index (χ0) is 15.8. The Morgan fingerprint density at radius 3 is 2.50 bits per heavy atom. The first-order valence-corrected chi connectivity index (χ1v) is 9.87. The summed E-state index contributed by atoms with van der Waals surface area (Å²) in [6.45, 7) is 12.9. The first kappa shape index (κ1) is 16.2. The normalized spacial score (nSPS) is 33.5. The largest absolute Gasteiger partial charge is 0.522 e. The smallest absolute Gasteiger partial charge is 0.304 e. The molecular weight excluding hydrogens is 301 g/mol. The minimum absolute atomic E-state index is 0.186. The summed E-state index contributed by atoms with van der Waals surface area (Å²) in [5.74, 6) is 0.614. The number of nitrogens with zero attached hydrogens (tertiary/aromatic N) is 1. The Hall–Kier alpha value is -0.680. The quantitative estimate of drug-likeness (QED) is 0.757. The molecule has 7 heteroatoms. The van der Waals surface area contributed by atoms with E-state index in [0.29, 0.717) is 5.76 Å². The highest BCUT2D eigenvalue weighted by Gasteiger charge is 2.63. The summed E-state index contributed by atoms with van der Waals surface area (Å²) >= 11 is 0. The highest BCUT2D eigenvalue weighted by Crippen LogP contribution is 2.64. The lowest BCUT2D eigenvalue weighted by molar-refractivity contribution is -0.152. The number of rotatable bonds is 2. The molecule has 3 heterocycles. The standard InChI is InChI=1S/C15H27N3O3P/c1-4-18-10-6-13(7-11-18)15(3)12(2)20-22(21-14(15)19)16-8-5-9-17-22/h13,16-17H,2,4-11H2,1,3H3/q+1. The lowest BCUT2D eigenvalue weighted by Gasteiger charge is -2.44. The van der Waals surface area contributed by atoms with Crippen molar-refractivity contribution in [3.63, 3.8) is 0 Å². The molecule has 0 amide bonds. The van der Waals surface area contributed by atoms with E-state index in [2.05, 4.69) is 28.6 Å². The summed E-state index contributed by atoms with van der Waals surface area (Å²) in [6, 6.07) is 0. The second kappa shape index (κ2) is 6.08. The van der Waals surface area contributed by atoms with E-state index in [0.717, 1.165) is 52.0 Å². The third kappa shape index (κ3) is 2.67. The summed E-state index contributed by atoms with van der Waals surface area (Å²) in [6.07, 6.45) is 2.96. The number of hydrogen-bond donors (Lipinski definition) is 2. The lowest BCUT2D eigenvalue weighted by Crippen LogP contribution is -2.51. The Morgan fingerprint density at radius 1 is 1.32 bits per heavy atom. The zero-order valence-electron chi connectivity index (χ0n) is 13.6. The van der Waals surface area contributed by atoms with Crippen molar-refractivity contribution in [1.82, 2.24) is 15.1 Å². The second-order valence-corrected chi connectivity index (χ2v) is 8.63. The molecule has 3 aliphatic rings. The van der Waals surface area contributed by atoms with Crippen LogP contribution in [0, 0.1) is 11.3 Å². The average molecular weight is 328 g/mol. The van der Waals surface area contributed by atoms with E-state index in [4.69, 9.17) is 9.05 Å². The molecule has 1 spiro atoms. The van der Waals surface area contributed by atoms with Crippen molar-refractivity contribution >= 4 is 14.0 Å². The first-order chi connectivity index (χ1) is 10.5. The van der Waals surface area contributed by atoms with E-state index in [1.165, 1.54) is 0 Å². The van der Waals surface area contributed by atoms with Crippen molar-refractivity contribution < 1.29 is 13.8 Å². The summed E-state index contributed by atoms with van der Waals surface area (Å²) in [5.41, 5.74) is -0.730. The lowest BCUT2D eigenvalue weighted by atomic mass is 9.71. The number of carbonyl (C=O) groups excluding carboxylic acids is 1. The van der Waals surface area contributed by atoms with Crippen molar-refractivity contribution in [1.29, 1.82) is 0 Å². The van der Waals surface area contributed by atoms with Gasteiger partial charge in [-0.2, -0.15) is 0 Å². The zero-order valence-corrected chi connectivity index (χ0v) is 14.5. The van der Waals surface area contributed by atoms with Gasteiger partial charge in [0.15, 0.2) is 5.76 Å². The van der Waals surface area contributed by atoms with E-state index >= 15 is 0 Å². The molecule has 0 aromatic carbocycles. The van der Waals surface area contributed by atoms with Gasteiger partial charge in [0, 0.05) is 13.1 Å². The maximum Gasteiger partial charge on any atom is 0.522 e. The Labute approximate surface area is 133 Å². The fourth-order valence-electron chi connectivity index (χ4n) is 3.54. The van der Waals surface area contributed by atoms with Crippen LogP contribution in [0.5, 0.6) is 0 Å². The Bertz CT molecular complexity index is 437. The van der Waals surface area contributed by atoms with Gasteiger partial charge in [-0.25, -0.2) is 9.32 Å². The predicted octanol–water partition coefficient (Wildman–Crippen LogP) is 2.07. The Morgan fingerprint density at radius 2 is 1.95 bits per heavy atom. The SMILES string of the molecule is C=C1O[P+]2(NCCCN2)OC(=O)C1(C)C1CCN(CC)CC1. The van der Waals surface area contributed by atoms with Crippen LogP contribution in [0.25, 0.3) is 0 Å². The highest BCUT2D eigenvalue weighted by atomic mass is 31.2. The van der Waals surface area contributed by atoms with E-state index in [1.807, 2.05) is 6.92 Å². The molecule has 1 atom stereocenters. The molecule has 2 N–H and O–H groups in total. The summed E-state index contributed by atoms with van der Waals surface area (Å²) in [4.78, 5) is 15.2. The monoisotopic (exact) mass is 328 g/mol. The van der Waals surface area contributed by atoms with Crippen LogP contribution in [0.1, 0.15) is 33.1 Å². The third-order valence-electron chi connectivity index (χ3n) is 5.30. The van der Waals surface area contributed by atoms with E-state index < -0.39 is 13.4 Å². The number of likely N-dealkylation sites (tertiary alicyclic amines) is 1. The van der Waals surface area contributed by atoms with Crippen LogP contribution in [0.2, 0.25) is 0 Å². The molecule has 22 heavy (non-hydrogen) atoms. The molecule has 0 aliphatic carbocycles. The molecule has 0 aromatic rings. The molecule has 0 aromatic heterocycles. The van der Waals surface area contributed by atoms with Crippen LogP contribution >= 0.6 is 8.02 Å². The van der Waals surface area contributed by atoms with Gasteiger partial charge in [0.05, 0.1) is 0 Å². The minimum Gasteiger partial charge on any atom is -0.304 e. The summed E-state index contributed by atoms with van der Waals surface area (Å²) < 4.78 is 11.8. The topological polar surface area (TPSA) is 62.8 Å². The van der Waals surface area contributed by atoms with Crippen LogP contribution in [-0.4, -0.2) is 43.6 Å². The van der Waals surface area contributed by atoms with Crippen molar-refractivity contribution in [2.24, 2.45) is 11.3 Å². The van der Waals surface area contributed by atoms with Gasteiger partial charge in [0.1, 0.15) is 5.41 Å². The van der Waals surface area contributed by atoms with Gasteiger partial charge in [-0.1, -0.05) is 13.5 Å². The molecule has 3 rings (SSSR count). The van der Waals surface area contributed by atoms with E-state index in [-0.39, 0.29) is 11.9 Å².